The second kappa shape index (κ2) is 8.89. The molecule has 1 amide bonds. The number of hydrogen-bond acceptors (Lipinski definition) is 6. The zero-order valence-electron chi connectivity index (χ0n) is 19.1. The maximum atomic E-state index is 12.5. The number of nitrogens with one attached hydrogen (secondary N) is 2. The monoisotopic (exact) mass is 467 g/mol. The van der Waals surface area contributed by atoms with Crippen molar-refractivity contribution in [2.45, 2.75) is 26.8 Å². The Labute approximate surface area is 195 Å². The van der Waals surface area contributed by atoms with Gasteiger partial charge in [0.1, 0.15) is 7.85 Å². The van der Waals surface area contributed by atoms with Crippen LogP contribution in [0.25, 0.3) is 0 Å². The molecule has 1 heterocycles. The fraction of sp³-hybridized carbons (Fsp3) is 0.318. The van der Waals surface area contributed by atoms with Crippen molar-refractivity contribution in [1.82, 2.24) is 9.62 Å². The first-order chi connectivity index (χ1) is 15.3. The average Bonchev–Trinajstić information content (AvgIpc) is 3.01. The summed E-state index contributed by atoms with van der Waals surface area (Å²) in [5, 5.41) is 13.5. The predicted molar refractivity (Wildman–Crippen MR) is 131 cm³/mol. The Balaban J connectivity index is 2.06. The summed E-state index contributed by atoms with van der Waals surface area (Å²) in [5.74, 6) is -1.03. The molecular weight excluding hydrogens is 441 g/mol. The van der Waals surface area contributed by atoms with Gasteiger partial charge in [-0.2, -0.15) is 8.42 Å². The molecule has 33 heavy (non-hydrogen) atoms. The molecule has 11 heteroatoms. The molecule has 3 N–H and O–H groups in total. The van der Waals surface area contributed by atoms with Crippen LogP contribution in [-0.4, -0.2) is 57.9 Å². The first kappa shape index (κ1) is 24.3. The summed E-state index contributed by atoms with van der Waals surface area (Å²) in [7, 11) is 4.91. The molecule has 0 saturated heterocycles. The molecule has 1 aliphatic rings. The van der Waals surface area contributed by atoms with E-state index < -0.39 is 27.9 Å². The average molecular weight is 467 g/mol. The van der Waals surface area contributed by atoms with Crippen molar-refractivity contribution in [2.75, 3.05) is 19.4 Å². The zero-order chi connectivity index (χ0) is 24.6. The number of carbonyl (C=O) groups is 1. The van der Waals surface area contributed by atoms with E-state index in [1.807, 2.05) is 51.1 Å². The van der Waals surface area contributed by atoms with E-state index in [9.17, 15) is 18.3 Å². The maximum absolute atomic E-state index is 12.5. The number of aliphatic imine (C=N–C) groups is 1. The zero-order valence-corrected chi connectivity index (χ0v) is 19.9. The molecule has 0 aromatic heterocycles. The van der Waals surface area contributed by atoms with Gasteiger partial charge in [0.25, 0.3) is 5.91 Å². The molecule has 0 spiro atoms. The first-order valence-electron chi connectivity index (χ1n) is 10.2. The summed E-state index contributed by atoms with van der Waals surface area (Å²) in [5.41, 5.74) is 0.600. The van der Waals surface area contributed by atoms with E-state index in [4.69, 9.17) is 7.85 Å². The van der Waals surface area contributed by atoms with E-state index in [0.717, 1.165) is 5.56 Å². The van der Waals surface area contributed by atoms with Gasteiger partial charge in [-0.05, 0) is 17.0 Å². The van der Waals surface area contributed by atoms with Crippen molar-refractivity contribution >= 4 is 46.8 Å². The third kappa shape index (κ3) is 5.36. The van der Waals surface area contributed by atoms with E-state index in [1.54, 1.807) is 0 Å². The van der Waals surface area contributed by atoms with E-state index in [-0.39, 0.29) is 33.8 Å². The van der Waals surface area contributed by atoms with Gasteiger partial charge in [0.15, 0.2) is 17.4 Å². The summed E-state index contributed by atoms with van der Waals surface area (Å²) < 4.78 is 30.5. The fourth-order valence-corrected chi connectivity index (χ4v) is 4.15. The number of anilines is 1. The Bertz CT molecular complexity index is 1240. The molecule has 2 aromatic carbocycles. The maximum Gasteiger partial charge on any atom is 0.345 e. The Morgan fingerprint density at radius 2 is 1.82 bits per heavy atom. The number of phenols is 1. The topological polar surface area (TPSA) is 123 Å². The van der Waals surface area contributed by atoms with E-state index in [1.165, 1.54) is 31.1 Å². The van der Waals surface area contributed by atoms with Crippen LogP contribution in [0.15, 0.2) is 51.9 Å². The number of carbonyl (C=O) groups excluding carboxylic acids is 1. The molecule has 0 unspecified atom stereocenters. The minimum Gasteiger partial charge on any atom is -0.505 e. The molecule has 0 bridgehead atoms. The van der Waals surface area contributed by atoms with Gasteiger partial charge < -0.3 is 15.3 Å². The molecule has 0 aliphatic carbocycles. The number of amidine groups is 2. The standard InChI is InChI=1S/C22H26BN5O4S/c1-22(2,3)18(13-9-7-6-8-10-13)25-20-19(26-33(31,32)27-20)24-15-12-11-14(23)16(17(15)29)21(30)28(4)5/h6-12,18,29H,1-5H3,(H,24,26)(H,25,27)/t18-/m0/s1. The summed E-state index contributed by atoms with van der Waals surface area (Å²) in [4.78, 5) is 18.4. The highest BCUT2D eigenvalue weighted by Crippen LogP contribution is 2.36. The lowest BCUT2D eigenvalue weighted by atomic mass is 9.83. The number of amides is 1. The number of aromatic hydroxyl groups is 1. The largest absolute Gasteiger partial charge is 0.505 e. The van der Waals surface area contributed by atoms with Gasteiger partial charge >= 0.3 is 10.2 Å². The minimum absolute atomic E-state index is 0.00418. The summed E-state index contributed by atoms with van der Waals surface area (Å²) in [6.45, 7) is 5.98. The van der Waals surface area contributed by atoms with Crippen LogP contribution in [0.1, 0.15) is 42.7 Å². The lowest BCUT2D eigenvalue weighted by Gasteiger charge is -2.28. The SMILES string of the molecule is [B]c1ccc(NC2=NS(=O)(=O)NC2=N[C@@H](c2ccccc2)C(C)(C)C)c(O)c1C(=O)N(C)C. The van der Waals surface area contributed by atoms with E-state index in [0.29, 0.717) is 0 Å². The highest BCUT2D eigenvalue weighted by atomic mass is 32.2. The van der Waals surface area contributed by atoms with Crippen LogP contribution in [0, 0.1) is 5.41 Å². The molecular formula is C22H26BN5O4S. The molecule has 9 nitrogen and oxygen atoms in total. The summed E-state index contributed by atoms with van der Waals surface area (Å²) in [6.07, 6.45) is 0. The van der Waals surface area contributed by atoms with Crippen molar-refractivity contribution in [3.63, 3.8) is 0 Å². The highest BCUT2D eigenvalue weighted by molar-refractivity contribution is 7.89. The van der Waals surface area contributed by atoms with Gasteiger partial charge in [-0.1, -0.05) is 62.6 Å². The lowest BCUT2D eigenvalue weighted by Crippen LogP contribution is -2.33. The molecule has 3 rings (SSSR count). The minimum atomic E-state index is -4.04. The van der Waals surface area contributed by atoms with E-state index in [2.05, 4.69) is 19.4 Å². The Morgan fingerprint density at radius 1 is 1.18 bits per heavy atom. The normalized spacial score (nSPS) is 17.2. The lowest BCUT2D eigenvalue weighted by molar-refractivity contribution is 0.0826. The van der Waals surface area contributed by atoms with Crippen molar-refractivity contribution in [3.8, 4) is 5.75 Å². The van der Waals surface area contributed by atoms with Crippen LogP contribution in [0.4, 0.5) is 5.69 Å². The second-order valence-electron chi connectivity index (χ2n) is 8.92. The molecule has 1 atom stereocenters. The third-order valence-electron chi connectivity index (χ3n) is 4.94. The number of nitrogens with zero attached hydrogens (tertiary/aromatic N) is 3. The Hall–Kier alpha value is -3.34. The van der Waals surface area contributed by atoms with Crippen molar-refractivity contribution in [3.05, 3.63) is 53.6 Å². The highest BCUT2D eigenvalue weighted by Gasteiger charge is 2.32. The molecule has 2 radical (unpaired) electrons. The second-order valence-corrected chi connectivity index (χ2v) is 10.3. The first-order valence-corrected chi connectivity index (χ1v) is 11.6. The number of benzene rings is 2. The Morgan fingerprint density at radius 3 is 2.39 bits per heavy atom. The molecule has 0 saturated carbocycles. The van der Waals surface area contributed by atoms with Gasteiger partial charge in [0, 0.05) is 14.1 Å². The van der Waals surface area contributed by atoms with Gasteiger partial charge in [-0.15, -0.1) is 4.40 Å². The van der Waals surface area contributed by atoms with Crippen molar-refractivity contribution in [1.29, 1.82) is 0 Å². The number of hydrogen-bond donors (Lipinski definition) is 3. The van der Waals surface area contributed by atoms with Gasteiger partial charge in [0.05, 0.1) is 17.3 Å². The summed E-state index contributed by atoms with van der Waals surface area (Å²) in [6, 6.07) is 12.0. The fourth-order valence-electron chi connectivity index (χ4n) is 3.34. The van der Waals surface area contributed by atoms with E-state index >= 15 is 0 Å². The number of rotatable bonds is 4. The number of phenolic OH excluding ortho intramolecular Hbond substituents is 1. The van der Waals surface area contributed by atoms with Crippen LogP contribution in [-0.2, 0) is 10.2 Å². The third-order valence-corrected chi connectivity index (χ3v) is 5.81. The van der Waals surface area contributed by atoms with Crippen LogP contribution in [0.3, 0.4) is 0 Å². The van der Waals surface area contributed by atoms with Crippen molar-refractivity contribution in [2.24, 2.45) is 14.8 Å². The predicted octanol–water partition coefficient (Wildman–Crippen LogP) is 1.73. The Kier molecular flexibility index (Phi) is 6.55. The van der Waals surface area contributed by atoms with Gasteiger partial charge in [0.2, 0.25) is 0 Å². The van der Waals surface area contributed by atoms with Crippen LogP contribution < -0.4 is 15.5 Å². The van der Waals surface area contributed by atoms with Crippen molar-refractivity contribution < 1.29 is 18.3 Å². The smallest absolute Gasteiger partial charge is 0.345 e. The van der Waals surface area contributed by atoms with Gasteiger partial charge in [-0.3, -0.25) is 9.79 Å². The quantitative estimate of drug-likeness (QED) is 0.467. The molecule has 0 fully saturated rings. The molecule has 172 valence electrons. The van der Waals surface area contributed by atoms with Gasteiger partial charge in [-0.25, -0.2) is 4.72 Å². The summed E-state index contributed by atoms with van der Waals surface area (Å²) >= 11 is 0. The van der Waals surface area contributed by atoms with Crippen LogP contribution >= 0.6 is 0 Å². The molecule has 1 aliphatic heterocycles. The molecule has 2 aromatic rings. The van der Waals surface area contributed by atoms with Crippen LogP contribution in [0.2, 0.25) is 0 Å². The van der Waals surface area contributed by atoms with Crippen LogP contribution in [0.5, 0.6) is 5.75 Å².